The monoisotopic (exact) mass is 143 g/mol. The molecule has 2 heteroatoms. The molecule has 1 amide bonds. The molecule has 0 aromatic heterocycles. The van der Waals surface area contributed by atoms with Crippen molar-refractivity contribution in [3.63, 3.8) is 0 Å². The topological polar surface area (TPSA) is 29.1 Å². The number of hydrogen-bond acceptors (Lipinski definition) is 1. The summed E-state index contributed by atoms with van der Waals surface area (Å²) in [4.78, 5) is 10.0. The van der Waals surface area contributed by atoms with Gasteiger partial charge in [-0.25, -0.2) is 0 Å². The van der Waals surface area contributed by atoms with Crippen LogP contribution >= 0.6 is 0 Å². The van der Waals surface area contributed by atoms with E-state index in [-0.39, 0.29) is 0 Å². The van der Waals surface area contributed by atoms with Crippen LogP contribution in [0.1, 0.15) is 39.5 Å². The van der Waals surface area contributed by atoms with Crippen molar-refractivity contribution in [2.75, 3.05) is 0 Å². The molecule has 0 spiro atoms. The second-order valence-corrected chi connectivity index (χ2v) is 2.53. The zero-order valence-corrected chi connectivity index (χ0v) is 6.89. The highest BCUT2D eigenvalue weighted by atomic mass is 16.1. The maximum atomic E-state index is 10.0. The average molecular weight is 143 g/mol. The van der Waals surface area contributed by atoms with Gasteiger partial charge in [-0.1, -0.05) is 26.7 Å². The van der Waals surface area contributed by atoms with Gasteiger partial charge in [0.25, 0.3) is 0 Å². The Labute approximate surface area is 63.0 Å². The summed E-state index contributed by atoms with van der Waals surface area (Å²) in [6.45, 7) is 4.25. The van der Waals surface area contributed by atoms with Crippen molar-refractivity contribution in [3.8, 4) is 0 Å². The third-order valence-corrected chi connectivity index (χ3v) is 1.70. The molecular formula is C8H17NO. The summed E-state index contributed by atoms with van der Waals surface area (Å²) < 4.78 is 0. The molecule has 1 unspecified atom stereocenters. The van der Waals surface area contributed by atoms with Crippen LogP contribution in [0, 0.1) is 0 Å². The van der Waals surface area contributed by atoms with Gasteiger partial charge >= 0.3 is 0 Å². The molecule has 0 fully saturated rings. The smallest absolute Gasteiger partial charge is 0.207 e. The van der Waals surface area contributed by atoms with E-state index < -0.39 is 0 Å². The fraction of sp³-hybridized carbons (Fsp3) is 0.875. The highest BCUT2D eigenvalue weighted by molar-refractivity contribution is 5.46. The molecule has 0 aliphatic heterocycles. The van der Waals surface area contributed by atoms with Crippen molar-refractivity contribution in [1.29, 1.82) is 0 Å². The molecule has 0 aliphatic carbocycles. The maximum absolute atomic E-state index is 10.0. The fourth-order valence-corrected chi connectivity index (χ4v) is 0.952. The first-order chi connectivity index (χ1) is 4.85. The lowest BCUT2D eigenvalue weighted by molar-refractivity contribution is -0.110. The normalized spacial score (nSPS) is 12.6. The summed E-state index contributed by atoms with van der Waals surface area (Å²) in [6, 6.07) is 0.400. The minimum absolute atomic E-state index is 0.400. The van der Waals surface area contributed by atoms with Gasteiger partial charge in [-0.15, -0.1) is 0 Å². The van der Waals surface area contributed by atoms with Crippen LogP contribution in [0.3, 0.4) is 0 Å². The van der Waals surface area contributed by atoms with Crippen LogP contribution in [0.5, 0.6) is 0 Å². The van der Waals surface area contributed by atoms with E-state index in [1.165, 1.54) is 12.8 Å². The van der Waals surface area contributed by atoms with Crippen LogP contribution in [0.2, 0.25) is 0 Å². The lowest BCUT2D eigenvalue weighted by Crippen LogP contribution is -2.26. The van der Waals surface area contributed by atoms with Gasteiger partial charge in [-0.2, -0.15) is 0 Å². The maximum Gasteiger partial charge on any atom is 0.207 e. The quantitative estimate of drug-likeness (QED) is 0.563. The molecule has 60 valence electrons. The zero-order valence-electron chi connectivity index (χ0n) is 6.89. The highest BCUT2D eigenvalue weighted by Gasteiger charge is 2.01. The van der Waals surface area contributed by atoms with Crippen molar-refractivity contribution < 1.29 is 4.79 Å². The third-order valence-electron chi connectivity index (χ3n) is 1.70. The summed E-state index contributed by atoms with van der Waals surface area (Å²) in [5.41, 5.74) is 0. The largest absolute Gasteiger partial charge is 0.356 e. The van der Waals surface area contributed by atoms with Gasteiger partial charge in [-0.05, 0) is 12.8 Å². The highest BCUT2D eigenvalue weighted by Crippen LogP contribution is 2.02. The molecule has 0 aromatic carbocycles. The Kier molecular flexibility index (Phi) is 6.24. The molecule has 0 aliphatic rings. The first-order valence-electron chi connectivity index (χ1n) is 4.04. The number of unbranched alkanes of at least 4 members (excludes halogenated alkanes) is 1. The van der Waals surface area contributed by atoms with Crippen LogP contribution in [0.4, 0.5) is 0 Å². The van der Waals surface area contributed by atoms with Crippen LogP contribution in [-0.4, -0.2) is 12.5 Å². The lowest BCUT2D eigenvalue weighted by atomic mass is 10.1. The van der Waals surface area contributed by atoms with Gasteiger partial charge in [-0.3, -0.25) is 4.79 Å². The molecule has 2 nitrogen and oxygen atoms in total. The molecule has 0 heterocycles. The summed E-state index contributed by atoms with van der Waals surface area (Å²) in [5.74, 6) is 0. The average Bonchev–Trinajstić information content (AvgIpc) is 1.98. The van der Waals surface area contributed by atoms with Gasteiger partial charge in [0.2, 0.25) is 6.41 Å². The van der Waals surface area contributed by atoms with E-state index in [0.29, 0.717) is 6.04 Å². The predicted molar refractivity (Wildman–Crippen MR) is 42.8 cm³/mol. The molecular weight excluding hydrogens is 126 g/mol. The van der Waals surface area contributed by atoms with Gasteiger partial charge in [0, 0.05) is 6.04 Å². The minimum atomic E-state index is 0.400. The SMILES string of the molecule is CCCCC(CC)NC=O. The number of hydrogen-bond donors (Lipinski definition) is 1. The Morgan fingerprint density at radius 3 is 2.60 bits per heavy atom. The van der Waals surface area contributed by atoms with Crippen LogP contribution in [-0.2, 0) is 4.79 Å². The molecule has 10 heavy (non-hydrogen) atoms. The van der Waals surface area contributed by atoms with Gasteiger partial charge in [0.05, 0.1) is 0 Å². The molecule has 0 aromatic rings. The Balaban J connectivity index is 3.29. The van der Waals surface area contributed by atoms with Crippen LogP contribution in [0.25, 0.3) is 0 Å². The van der Waals surface area contributed by atoms with E-state index in [1.54, 1.807) is 0 Å². The van der Waals surface area contributed by atoms with Crippen LogP contribution in [0.15, 0.2) is 0 Å². The molecule has 1 atom stereocenters. The first-order valence-corrected chi connectivity index (χ1v) is 4.04. The third kappa shape index (κ3) is 4.36. The van der Waals surface area contributed by atoms with E-state index in [2.05, 4.69) is 19.2 Å². The standard InChI is InChI=1S/C8H17NO/c1-3-5-6-8(4-2)9-7-10/h7-8H,3-6H2,1-2H3,(H,9,10). The number of carbonyl (C=O) groups excluding carboxylic acids is 1. The van der Waals surface area contributed by atoms with Crippen molar-refractivity contribution in [3.05, 3.63) is 0 Å². The number of nitrogens with one attached hydrogen (secondary N) is 1. The van der Waals surface area contributed by atoms with Crippen molar-refractivity contribution >= 4 is 6.41 Å². The molecule has 0 bridgehead atoms. The molecule has 0 rings (SSSR count). The molecule has 0 radical (unpaired) electrons. The summed E-state index contributed by atoms with van der Waals surface area (Å²) >= 11 is 0. The van der Waals surface area contributed by atoms with Crippen LogP contribution < -0.4 is 5.32 Å². The van der Waals surface area contributed by atoms with Crippen molar-refractivity contribution in [1.82, 2.24) is 5.32 Å². The Morgan fingerprint density at radius 1 is 1.50 bits per heavy atom. The summed E-state index contributed by atoms with van der Waals surface area (Å²) in [6.07, 6.45) is 5.37. The summed E-state index contributed by atoms with van der Waals surface area (Å²) in [7, 11) is 0. The van der Waals surface area contributed by atoms with Crippen molar-refractivity contribution in [2.45, 2.75) is 45.6 Å². The molecule has 0 saturated carbocycles. The predicted octanol–water partition coefficient (Wildman–Crippen LogP) is 1.70. The summed E-state index contributed by atoms with van der Waals surface area (Å²) in [5, 5.41) is 2.79. The minimum Gasteiger partial charge on any atom is -0.356 e. The van der Waals surface area contributed by atoms with Crippen molar-refractivity contribution in [2.24, 2.45) is 0 Å². The van der Waals surface area contributed by atoms with E-state index in [4.69, 9.17) is 0 Å². The van der Waals surface area contributed by atoms with E-state index in [0.717, 1.165) is 19.3 Å². The van der Waals surface area contributed by atoms with E-state index >= 15 is 0 Å². The Hall–Kier alpha value is -0.530. The number of carbonyl (C=O) groups is 1. The fourth-order valence-electron chi connectivity index (χ4n) is 0.952. The second kappa shape index (κ2) is 6.59. The van der Waals surface area contributed by atoms with Gasteiger partial charge in [0.1, 0.15) is 0 Å². The van der Waals surface area contributed by atoms with Gasteiger partial charge in [0.15, 0.2) is 0 Å². The number of rotatable bonds is 6. The molecule has 0 saturated heterocycles. The molecule has 1 N–H and O–H groups in total. The van der Waals surface area contributed by atoms with E-state index in [9.17, 15) is 4.79 Å². The number of amides is 1. The second-order valence-electron chi connectivity index (χ2n) is 2.53. The Bertz CT molecular complexity index is 83.3. The Morgan fingerprint density at radius 2 is 2.20 bits per heavy atom. The lowest BCUT2D eigenvalue weighted by Gasteiger charge is -2.11. The first kappa shape index (κ1) is 9.47. The zero-order chi connectivity index (χ0) is 7.82. The van der Waals surface area contributed by atoms with E-state index in [1.807, 2.05) is 0 Å². The van der Waals surface area contributed by atoms with Gasteiger partial charge < -0.3 is 5.32 Å².